The van der Waals surface area contributed by atoms with Gasteiger partial charge in [-0.3, -0.25) is 0 Å². The number of likely N-dealkylation sites (tertiary alicyclic amines) is 1. The summed E-state index contributed by atoms with van der Waals surface area (Å²) in [5.41, 5.74) is 2.91. The van der Waals surface area contributed by atoms with Crippen LogP contribution in [0.5, 0.6) is 0 Å². The molecule has 190 valence electrons. The molecule has 1 heterocycles. The molecule has 35 heavy (non-hydrogen) atoms. The minimum atomic E-state index is -1.45. The molecule has 0 spiro atoms. The zero-order chi connectivity index (χ0) is 25.5. The second kappa shape index (κ2) is 12.1. The van der Waals surface area contributed by atoms with Crippen LogP contribution in [0.2, 0.25) is 0 Å². The van der Waals surface area contributed by atoms with Gasteiger partial charge < -0.3 is 10.0 Å². The minimum Gasteiger partial charge on any atom is -0.389 e. The summed E-state index contributed by atoms with van der Waals surface area (Å²) in [4.78, 5) is 2.49. The molecule has 1 atom stereocenters. The van der Waals surface area contributed by atoms with E-state index in [1.54, 1.807) is 13.8 Å². The fourth-order valence-electron chi connectivity index (χ4n) is 5.04. The second-order valence-corrected chi connectivity index (χ2v) is 11.1. The Morgan fingerprint density at radius 2 is 1.74 bits per heavy atom. The summed E-state index contributed by atoms with van der Waals surface area (Å²) in [5, 5.41) is 11.0. The average molecular weight is 478 g/mol. The molecule has 0 aromatic heterocycles. The molecule has 0 amide bonds. The Morgan fingerprint density at radius 3 is 2.37 bits per heavy atom. The maximum atomic E-state index is 14.8. The second-order valence-electron chi connectivity index (χ2n) is 11.1. The van der Waals surface area contributed by atoms with Gasteiger partial charge in [-0.1, -0.05) is 74.2 Å². The molecule has 0 radical (unpaired) electrons. The van der Waals surface area contributed by atoms with Crippen LogP contribution in [0.3, 0.4) is 0 Å². The molecule has 1 aliphatic rings. The highest BCUT2D eigenvalue weighted by molar-refractivity contribution is 5.81. The van der Waals surface area contributed by atoms with E-state index in [-0.39, 0.29) is 0 Å². The van der Waals surface area contributed by atoms with Gasteiger partial charge in [0.15, 0.2) is 0 Å². The van der Waals surface area contributed by atoms with E-state index in [9.17, 15) is 9.50 Å². The average Bonchev–Trinajstić information content (AvgIpc) is 2.81. The first-order chi connectivity index (χ1) is 16.6. The van der Waals surface area contributed by atoms with Crippen LogP contribution in [0.4, 0.5) is 4.39 Å². The van der Waals surface area contributed by atoms with Gasteiger partial charge in [0.1, 0.15) is 5.67 Å². The normalized spacial score (nSPS) is 17.8. The zero-order valence-electron chi connectivity index (χ0n) is 22.2. The quantitative estimate of drug-likeness (QED) is 0.338. The fourth-order valence-corrected chi connectivity index (χ4v) is 5.04. The van der Waals surface area contributed by atoms with E-state index in [2.05, 4.69) is 55.7 Å². The van der Waals surface area contributed by atoms with Gasteiger partial charge in [0.2, 0.25) is 0 Å². The highest BCUT2D eigenvalue weighted by Gasteiger charge is 2.32. The number of benzene rings is 2. The third-order valence-electron chi connectivity index (χ3n) is 7.54. The van der Waals surface area contributed by atoms with Gasteiger partial charge in [0.05, 0.1) is 5.60 Å². The SMILES string of the molecule is C=C(/C(=C/CC(C)CCCN1CCC(O)(Cc2ccccc2)CC1)c1ccccc1C)C(C)(C)F. The van der Waals surface area contributed by atoms with Crippen LogP contribution in [-0.2, 0) is 6.42 Å². The number of halogens is 1. The molecule has 2 aromatic rings. The number of hydrogen-bond acceptors (Lipinski definition) is 2. The van der Waals surface area contributed by atoms with Crippen LogP contribution >= 0.6 is 0 Å². The van der Waals surface area contributed by atoms with Crippen LogP contribution in [-0.4, -0.2) is 40.9 Å². The molecule has 2 aromatic carbocycles. The first-order valence-corrected chi connectivity index (χ1v) is 13.2. The number of aryl methyl sites for hydroxylation is 1. The van der Waals surface area contributed by atoms with E-state index in [0.717, 1.165) is 74.9 Å². The maximum absolute atomic E-state index is 14.8. The minimum absolute atomic E-state index is 0.518. The van der Waals surface area contributed by atoms with Gasteiger partial charge in [-0.15, -0.1) is 0 Å². The standard InChI is InChI=1S/C32H44FNO/c1-25(17-18-30(27(3)31(4,5)33)29-16-10-9-13-26(29)2)12-11-21-34-22-19-32(35,20-23-34)24-28-14-7-6-8-15-28/h6-10,13-16,18,25,35H,3,11-12,17,19-24H2,1-2,4-5H3/b30-18-. The monoisotopic (exact) mass is 477 g/mol. The van der Waals surface area contributed by atoms with Crippen LogP contribution in [0.25, 0.3) is 5.57 Å². The van der Waals surface area contributed by atoms with Crippen LogP contribution in [0.1, 0.15) is 69.6 Å². The predicted octanol–water partition coefficient (Wildman–Crippen LogP) is 7.56. The molecule has 3 heteroatoms. The van der Waals surface area contributed by atoms with Crippen molar-refractivity contribution in [3.63, 3.8) is 0 Å². The largest absolute Gasteiger partial charge is 0.389 e. The van der Waals surface area contributed by atoms with Crippen molar-refractivity contribution < 1.29 is 9.50 Å². The molecule has 1 saturated heterocycles. The lowest BCUT2D eigenvalue weighted by Crippen LogP contribution is -2.45. The summed E-state index contributed by atoms with van der Waals surface area (Å²) >= 11 is 0. The lowest BCUT2D eigenvalue weighted by molar-refractivity contribution is -0.0209. The summed E-state index contributed by atoms with van der Waals surface area (Å²) in [6, 6.07) is 18.5. The van der Waals surface area contributed by atoms with Gasteiger partial charge in [-0.25, -0.2) is 4.39 Å². The third-order valence-corrected chi connectivity index (χ3v) is 7.54. The van der Waals surface area contributed by atoms with Gasteiger partial charge in [-0.05, 0) is 93.2 Å². The third kappa shape index (κ3) is 8.15. The van der Waals surface area contributed by atoms with Crippen LogP contribution in [0.15, 0.2) is 72.8 Å². The molecule has 1 N–H and O–H groups in total. The van der Waals surface area contributed by atoms with Crippen molar-refractivity contribution in [3.8, 4) is 0 Å². The number of aliphatic hydroxyl groups is 1. The molecule has 2 nitrogen and oxygen atoms in total. The zero-order valence-corrected chi connectivity index (χ0v) is 22.2. The van der Waals surface area contributed by atoms with Crippen molar-refractivity contribution in [2.45, 2.75) is 77.5 Å². The van der Waals surface area contributed by atoms with E-state index in [1.807, 2.05) is 30.3 Å². The number of allylic oxidation sites excluding steroid dienone is 3. The van der Waals surface area contributed by atoms with E-state index in [4.69, 9.17) is 0 Å². The Labute approximate surface area is 212 Å². The van der Waals surface area contributed by atoms with Crippen molar-refractivity contribution in [1.82, 2.24) is 4.90 Å². The summed E-state index contributed by atoms with van der Waals surface area (Å²) in [7, 11) is 0. The van der Waals surface area contributed by atoms with Crippen LogP contribution < -0.4 is 0 Å². The molecule has 1 aliphatic heterocycles. The number of hydrogen-bond donors (Lipinski definition) is 1. The summed E-state index contributed by atoms with van der Waals surface area (Å²) < 4.78 is 14.8. The lowest BCUT2D eigenvalue weighted by atomic mass is 9.85. The van der Waals surface area contributed by atoms with Gasteiger partial charge >= 0.3 is 0 Å². The summed E-state index contributed by atoms with van der Waals surface area (Å²) in [5.74, 6) is 0.518. The number of alkyl halides is 1. The Morgan fingerprint density at radius 1 is 1.11 bits per heavy atom. The number of piperidine rings is 1. The Balaban J connectivity index is 1.48. The van der Waals surface area contributed by atoms with Gasteiger partial charge in [-0.2, -0.15) is 0 Å². The van der Waals surface area contributed by atoms with E-state index in [0.29, 0.717) is 11.5 Å². The summed E-state index contributed by atoms with van der Waals surface area (Å²) in [6.07, 6.45) is 7.80. The maximum Gasteiger partial charge on any atom is 0.130 e. The topological polar surface area (TPSA) is 23.5 Å². The highest BCUT2D eigenvalue weighted by atomic mass is 19.1. The molecule has 1 unspecified atom stereocenters. The highest BCUT2D eigenvalue weighted by Crippen LogP contribution is 2.35. The lowest BCUT2D eigenvalue weighted by Gasteiger charge is -2.38. The molecule has 0 saturated carbocycles. The molecular weight excluding hydrogens is 433 g/mol. The van der Waals surface area contributed by atoms with Crippen molar-refractivity contribution in [2.24, 2.45) is 5.92 Å². The first kappa shape index (κ1) is 27.4. The van der Waals surface area contributed by atoms with Crippen molar-refractivity contribution in [3.05, 3.63) is 89.5 Å². The van der Waals surface area contributed by atoms with E-state index < -0.39 is 11.3 Å². The molecule has 0 bridgehead atoms. The Hall–Kier alpha value is -2.23. The predicted molar refractivity (Wildman–Crippen MR) is 147 cm³/mol. The first-order valence-electron chi connectivity index (χ1n) is 13.2. The molecule has 1 fully saturated rings. The Kier molecular flexibility index (Phi) is 9.49. The van der Waals surface area contributed by atoms with Crippen LogP contribution in [0, 0.1) is 12.8 Å². The number of rotatable bonds is 11. The summed E-state index contributed by atoms with van der Waals surface area (Å²) in [6.45, 7) is 14.6. The smallest absolute Gasteiger partial charge is 0.130 e. The fraction of sp³-hybridized carbons (Fsp3) is 0.500. The van der Waals surface area contributed by atoms with Crippen molar-refractivity contribution >= 4 is 5.57 Å². The van der Waals surface area contributed by atoms with Crippen molar-refractivity contribution in [1.29, 1.82) is 0 Å². The number of nitrogens with zero attached hydrogens (tertiary/aromatic N) is 1. The van der Waals surface area contributed by atoms with E-state index >= 15 is 0 Å². The van der Waals surface area contributed by atoms with Gasteiger partial charge in [0.25, 0.3) is 0 Å². The Bertz CT molecular complexity index is 980. The van der Waals surface area contributed by atoms with Gasteiger partial charge in [0, 0.05) is 19.5 Å². The molecule has 0 aliphatic carbocycles. The van der Waals surface area contributed by atoms with E-state index in [1.165, 1.54) is 5.56 Å². The molecular formula is C32H44FNO. The molecule has 3 rings (SSSR count). The van der Waals surface area contributed by atoms with Crippen molar-refractivity contribution in [2.75, 3.05) is 19.6 Å².